The highest BCUT2D eigenvalue weighted by atomic mass is 35.5. The van der Waals surface area contributed by atoms with Crippen molar-refractivity contribution in [2.75, 3.05) is 16.8 Å². The van der Waals surface area contributed by atoms with Crippen LogP contribution in [0.2, 0.25) is 5.02 Å². The standard InChI is InChI=1S/C23H20ClN3O2/c24-19-7-4-8-20(14-19)26-23(29)25-15-16-9-10-17-11-12-27(21(17)13-16)22(28)18-5-2-1-3-6-18/h1-10,13-14H,11-12,15H2,(H2,25,26,29). The third kappa shape index (κ3) is 4.41. The minimum atomic E-state index is -0.315. The van der Waals surface area contributed by atoms with E-state index in [9.17, 15) is 9.59 Å². The van der Waals surface area contributed by atoms with Gasteiger partial charge < -0.3 is 15.5 Å². The number of rotatable bonds is 4. The van der Waals surface area contributed by atoms with Crippen molar-refractivity contribution in [2.24, 2.45) is 0 Å². The van der Waals surface area contributed by atoms with Crippen molar-refractivity contribution < 1.29 is 9.59 Å². The number of hydrogen-bond donors (Lipinski definition) is 2. The molecular formula is C23H20ClN3O2. The molecule has 3 aromatic rings. The predicted octanol–water partition coefficient (Wildman–Crippen LogP) is 4.86. The maximum Gasteiger partial charge on any atom is 0.319 e. The van der Waals surface area contributed by atoms with Crippen molar-refractivity contribution >= 4 is 34.9 Å². The van der Waals surface area contributed by atoms with Gasteiger partial charge >= 0.3 is 6.03 Å². The molecule has 0 aliphatic carbocycles. The first-order valence-corrected chi connectivity index (χ1v) is 9.77. The SMILES string of the molecule is O=C(NCc1ccc2c(c1)N(C(=O)c1ccccc1)CC2)Nc1cccc(Cl)c1. The first-order valence-electron chi connectivity index (χ1n) is 9.39. The quantitative estimate of drug-likeness (QED) is 0.650. The summed E-state index contributed by atoms with van der Waals surface area (Å²) in [6.45, 7) is 1.02. The molecule has 0 unspecified atom stereocenters. The number of halogens is 1. The first-order chi connectivity index (χ1) is 14.1. The van der Waals surface area contributed by atoms with Gasteiger partial charge in [-0.3, -0.25) is 4.79 Å². The lowest BCUT2D eigenvalue weighted by atomic mass is 10.1. The van der Waals surface area contributed by atoms with E-state index in [2.05, 4.69) is 10.6 Å². The minimum absolute atomic E-state index is 0.00633. The fourth-order valence-electron chi connectivity index (χ4n) is 3.41. The summed E-state index contributed by atoms with van der Waals surface area (Å²) >= 11 is 5.93. The van der Waals surface area contributed by atoms with E-state index in [1.54, 1.807) is 29.2 Å². The summed E-state index contributed by atoms with van der Waals surface area (Å²) < 4.78 is 0. The molecule has 0 saturated heterocycles. The van der Waals surface area contributed by atoms with Gasteiger partial charge in [-0.25, -0.2) is 4.79 Å². The van der Waals surface area contributed by atoms with E-state index < -0.39 is 0 Å². The molecule has 3 amide bonds. The smallest absolute Gasteiger partial charge is 0.319 e. The lowest BCUT2D eigenvalue weighted by Crippen LogP contribution is -2.29. The summed E-state index contributed by atoms with van der Waals surface area (Å²) in [5.41, 5.74) is 4.28. The molecule has 6 heteroatoms. The molecule has 5 nitrogen and oxygen atoms in total. The van der Waals surface area contributed by atoms with Gasteiger partial charge in [-0.2, -0.15) is 0 Å². The average molecular weight is 406 g/mol. The van der Waals surface area contributed by atoms with Crippen LogP contribution >= 0.6 is 11.6 Å². The van der Waals surface area contributed by atoms with Crippen LogP contribution < -0.4 is 15.5 Å². The summed E-state index contributed by atoms with van der Waals surface area (Å²) in [6.07, 6.45) is 0.830. The van der Waals surface area contributed by atoms with E-state index in [0.717, 1.165) is 23.2 Å². The van der Waals surface area contributed by atoms with Gasteiger partial charge in [-0.1, -0.05) is 48.0 Å². The zero-order chi connectivity index (χ0) is 20.2. The van der Waals surface area contributed by atoms with Crippen LogP contribution in [0.4, 0.5) is 16.2 Å². The Labute approximate surface area is 174 Å². The molecule has 4 rings (SSSR count). The van der Waals surface area contributed by atoms with Crippen LogP contribution in [0, 0.1) is 0 Å². The van der Waals surface area contributed by atoms with Crippen LogP contribution in [-0.2, 0) is 13.0 Å². The molecule has 1 aliphatic heterocycles. The van der Waals surface area contributed by atoms with Gasteiger partial charge in [0.2, 0.25) is 0 Å². The summed E-state index contributed by atoms with van der Waals surface area (Å²) in [7, 11) is 0. The molecule has 1 aliphatic rings. The zero-order valence-corrected chi connectivity index (χ0v) is 16.4. The second kappa shape index (κ2) is 8.37. The van der Waals surface area contributed by atoms with E-state index in [0.29, 0.717) is 29.4 Å². The van der Waals surface area contributed by atoms with E-state index >= 15 is 0 Å². The van der Waals surface area contributed by atoms with Crippen LogP contribution in [-0.4, -0.2) is 18.5 Å². The Balaban J connectivity index is 1.43. The van der Waals surface area contributed by atoms with Crippen molar-refractivity contribution in [2.45, 2.75) is 13.0 Å². The second-order valence-corrected chi connectivity index (χ2v) is 7.29. The number of carbonyl (C=O) groups excluding carboxylic acids is 2. The molecule has 0 saturated carbocycles. The normalized spacial score (nSPS) is 12.4. The van der Waals surface area contributed by atoms with Crippen LogP contribution in [0.5, 0.6) is 0 Å². The number of nitrogens with zero attached hydrogens (tertiary/aromatic N) is 1. The van der Waals surface area contributed by atoms with Crippen LogP contribution in [0.3, 0.4) is 0 Å². The lowest BCUT2D eigenvalue weighted by molar-refractivity contribution is 0.0989. The van der Waals surface area contributed by atoms with Gasteiger partial charge in [0.15, 0.2) is 0 Å². The van der Waals surface area contributed by atoms with E-state index in [1.165, 1.54) is 0 Å². The van der Waals surface area contributed by atoms with Crippen LogP contribution in [0.25, 0.3) is 0 Å². The number of nitrogens with one attached hydrogen (secondary N) is 2. The van der Waals surface area contributed by atoms with Crippen molar-refractivity contribution in [3.63, 3.8) is 0 Å². The molecule has 0 fully saturated rings. The highest BCUT2D eigenvalue weighted by Gasteiger charge is 2.25. The molecule has 0 atom stereocenters. The van der Waals surface area contributed by atoms with Crippen molar-refractivity contribution in [1.29, 1.82) is 0 Å². The van der Waals surface area contributed by atoms with Crippen molar-refractivity contribution in [3.8, 4) is 0 Å². The van der Waals surface area contributed by atoms with E-state index in [1.807, 2.05) is 48.5 Å². The number of anilines is 2. The van der Waals surface area contributed by atoms with Crippen molar-refractivity contribution in [3.05, 3.63) is 94.5 Å². The molecule has 146 valence electrons. The number of hydrogen-bond acceptors (Lipinski definition) is 2. The Hall–Kier alpha value is -3.31. The fraction of sp³-hybridized carbons (Fsp3) is 0.130. The highest BCUT2D eigenvalue weighted by molar-refractivity contribution is 6.30. The number of carbonyl (C=O) groups is 2. The Morgan fingerprint density at radius 3 is 2.59 bits per heavy atom. The molecule has 1 heterocycles. The summed E-state index contributed by atoms with van der Waals surface area (Å²) in [5.74, 6) is -0.00633. The third-order valence-electron chi connectivity index (χ3n) is 4.85. The minimum Gasteiger partial charge on any atom is -0.334 e. The van der Waals surface area contributed by atoms with Gasteiger partial charge in [-0.05, 0) is 53.9 Å². The maximum absolute atomic E-state index is 12.9. The van der Waals surface area contributed by atoms with Gasteiger partial charge in [-0.15, -0.1) is 0 Å². The number of fused-ring (bicyclic) bond motifs is 1. The molecule has 2 N–H and O–H groups in total. The highest BCUT2D eigenvalue weighted by Crippen LogP contribution is 2.30. The van der Waals surface area contributed by atoms with Crippen molar-refractivity contribution in [1.82, 2.24) is 5.32 Å². The van der Waals surface area contributed by atoms with Gasteiger partial charge in [0, 0.05) is 35.1 Å². The molecule has 0 aromatic heterocycles. The van der Waals surface area contributed by atoms with Gasteiger partial charge in [0.1, 0.15) is 0 Å². The van der Waals surface area contributed by atoms with E-state index in [-0.39, 0.29) is 11.9 Å². The Morgan fingerprint density at radius 2 is 1.79 bits per heavy atom. The Kier molecular flexibility index (Phi) is 5.49. The number of amides is 3. The molecule has 0 bridgehead atoms. The maximum atomic E-state index is 12.9. The Bertz CT molecular complexity index is 1050. The topological polar surface area (TPSA) is 61.4 Å². The van der Waals surface area contributed by atoms with E-state index in [4.69, 9.17) is 11.6 Å². The molecule has 3 aromatic carbocycles. The number of benzene rings is 3. The van der Waals surface area contributed by atoms with Crippen LogP contribution in [0.15, 0.2) is 72.8 Å². The van der Waals surface area contributed by atoms with Gasteiger partial charge in [0.25, 0.3) is 5.91 Å². The molecule has 0 spiro atoms. The fourth-order valence-corrected chi connectivity index (χ4v) is 3.60. The molecule has 0 radical (unpaired) electrons. The number of urea groups is 1. The summed E-state index contributed by atoms with van der Waals surface area (Å²) in [6, 6.07) is 21.9. The average Bonchev–Trinajstić information content (AvgIpc) is 3.15. The monoisotopic (exact) mass is 405 g/mol. The molecule has 29 heavy (non-hydrogen) atoms. The third-order valence-corrected chi connectivity index (χ3v) is 5.08. The summed E-state index contributed by atoms with van der Waals surface area (Å²) in [4.78, 5) is 26.8. The largest absolute Gasteiger partial charge is 0.334 e. The second-order valence-electron chi connectivity index (χ2n) is 6.85. The van der Waals surface area contributed by atoms with Crippen LogP contribution in [0.1, 0.15) is 21.5 Å². The van der Waals surface area contributed by atoms with Gasteiger partial charge in [0.05, 0.1) is 0 Å². The summed E-state index contributed by atoms with van der Waals surface area (Å²) in [5, 5.41) is 6.15. The predicted molar refractivity (Wildman–Crippen MR) is 116 cm³/mol. The Morgan fingerprint density at radius 1 is 0.966 bits per heavy atom. The lowest BCUT2D eigenvalue weighted by Gasteiger charge is -2.18. The molecular weight excluding hydrogens is 386 g/mol. The first kappa shape index (κ1) is 19.0. The zero-order valence-electron chi connectivity index (χ0n) is 15.7.